The fourth-order valence-electron chi connectivity index (χ4n) is 6.51. The molecule has 31 heavy (non-hydrogen) atoms. The fourth-order valence-corrected chi connectivity index (χ4v) is 6.51. The highest BCUT2D eigenvalue weighted by molar-refractivity contribution is 5.87. The van der Waals surface area contributed by atoms with Gasteiger partial charge < -0.3 is 20.5 Å². The fraction of sp³-hybridized carbons (Fsp3) is 0.680. The first kappa shape index (κ1) is 22.0. The number of ether oxygens (including phenoxy) is 1. The van der Waals surface area contributed by atoms with E-state index in [1.54, 1.807) is 24.3 Å². The third-order valence-corrected chi connectivity index (χ3v) is 7.42. The Bertz CT molecular complexity index is 766. The van der Waals surface area contributed by atoms with Crippen LogP contribution >= 0.6 is 0 Å². The summed E-state index contributed by atoms with van der Waals surface area (Å²) < 4.78 is 6.02. The molecular weight excluding hydrogens is 392 g/mol. The van der Waals surface area contributed by atoms with Gasteiger partial charge in [-0.2, -0.15) is 0 Å². The lowest BCUT2D eigenvalue weighted by atomic mass is 9.61. The van der Waals surface area contributed by atoms with Gasteiger partial charge in [-0.05, 0) is 99.8 Å². The summed E-state index contributed by atoms with van der Waals surface area (Å²) in [4.78, 5) is 23.8. The number of hydrogen-bond donors (Lipinski definition) is 3. The molecule has 170 valence electrons. The number of fused-ring (bicyclic) bond motifs is 2. The van der Waals surface area contributed by atoms with Crippen LogP contribution in [0.3, 0.4) is 0 Å². The van der Waals surface area contributed by atoms with Gasteiger partial charge in [0, 0.05) is 11.6 Å². The first-order chi connectivity index (χ1) is 14.8. The molecule has 3 aliphatic rings. The number of benzene rings is 1. The third-order valence-electron chi connectivity index (χ3n) is 7.42. The molecule has 6 nitrogen and oxygen atoms in total. The number of carbonyl (C=O) groups is 2. The van der Waals surface area contributed by atoms with Crippen molar-refractivity contribution >= 4 is 12.0 Å². The number of amides is 2. The van der Waals surface area contributed by atoms with Crippen LogP contribution in [0.5, 0.6) is 5.75 Å². The van der Waals surface area contributed by atoms with Crippen LogP contribution in [0.2, 0.25) is 0 Å². The molecule has 0 radical (unpaired) electrons. The summed E-state index contributed by atoms with van der Waals surface area (Å²) in [6.07, 6.45) is 9.61. The van der Waals surface area contributed by atoms with Crippen LogP contribution in [0, 0.1) is 17.8 Å². The van der Waals surface area contributed by atoms with E-state index in [0.29, 0.717) is 17.6 Å². The molecule has 3 fully saturated rings. The molecule has 0 saturated heterocycles. The molecule has 2 bridgehead atoms. The zero-order valence-electron chi connectivity index (χ0n) is 18.7. The highest BCUT2D eigenvalue weighted by Crippen LogP contribution is 2.47. The first-order valence-corrected chi connectivity index (χ1v) is 11.9. The van der Waals surface area contributed by atoms with E-state index in [1.165, 1.54) is 12.8 Å². The Hall–Kier alpha value is -2.24. The summed E-state index contributed by atoms with van der Waals surface area (Å²) in [7, 11) is 0. The monoisotopic (exact) mass is 428 g/mol. The second kappa shape index (κ2) is 9.09. The molecule has 0 heterocycles. The Labute approximate surface area is 185 Å². The summed E-state index contributed by atoms with van der Waals surface area (Å²) in [6, 6.07) is 6.74. The molecule has 0 aromatic heterocycles. The molecule has 6 heteroatoms. The summed E-state index contributed by atoms with van der Waals surface area (Å²) in [5.41, 5.74) is 0.240. The van der Waals surface area contributed by atoms with Crippen LogP contribution in [0.4, 0.5) is 4.79 Å². The molecular formula is C25H36N2O4. The molecule has 2 amide bonds. The summed E-state index contributed by atoms with van der Waals surface area (Å²) >= 11 is 0. The Morgan fingerprint density at radius 3 is 2.16 bits per heavy atom. The largest absolute Gasteiger partial charge is 0.490 e. The Morgan fingerprint density at radius 2 is 1.58 bits per heavy atom. The van der Waals surface area contributed by atoms with Crippen molar-refractivity contribution in [1.82, 2.24) is 10.6 Å². The van der Waals surface area contributed by atoms with Gasteiger partial charge in [0.1, 0.15) is 5.75 Å². The van der Waals surface area contributed by atoms with E-state index in [2.05, 4.69) is 24.5 Å². The van der Waals surface area contributed by atoms with Crippen LogP contribution in [-0.4, -0.2) is 34.8 Å². The highest BCUT2D eigenvalue weighted by Gasteiger charge is 2.45. The topological polar surface area (TPSA) is 87.7 Å². The van der Waals surface area contributed by atoms with Crippen LogP contribution in [-0.2, 0) is 0 Å². The molecule has 3 aliphatic carbocycles. The van der Waals surface area contributed by atoms with Gasteiger partial charge in [0.25, 0.3) is 0 Å². The van der Waals surface area contributed by atoms with Gasteiger partial charge in [-0.25, -0.2) is 9.59 Å². The maximum Gasteiger partial charge on any atom is 0.335 e. The van der Waals surface area contributed by atoms with Crippen molar-refractivity contribution in [2.75, 3.05) is 0 Å². The molecule has 1 aromatic rings. The molecule has 0 spiro atoms. The van der Waals surface area contributed by atoms with Crippen molar-refractivity contribution in [3.05, 3.63) is 29.8 Å². The average molecular weight is 429 g/mol. The third kappa shape index (κ3) is 5.52. The zero-order chi connectivity index (χ0) is 22.0. The van der Waals surface area contributed by atoms with Crippen molar-refractivity contribution in [1.29, 1.82) is 0 Å². The lowest BCUT2D eigenvalue weighted by Crippen LogP contribution is -2.59. The molecule has 0 aliphatic heterocycles. The van der Waals surface area contributed by atoms with Gasteiger partial charge in [0.2, 0.25) is 0 Å². The van der Waals surface area contributed by atoms with E-state index < -0.39 is 5.97 Å². The SMILES string of the molecule is CC1CC2CC(C)CC(NC(=O)NC3CCC(Oc4ccc(C(=O)O)cc4)CC3)(C1)C2. The van der Waals surface area contributed by atoms with Crippen LogP contribution in [0.1, 0.15) is 82.0 Å². The number of carboxylic acid groups (broad SMARTS) is 1. The molecule has 3 saturated carbocycles. The van der Waals surface area contributed by atoms with Gasteiger partial charge in [0.15, 0.2) is 0 Å². The molecule has 1 aromatic carbocycles. The van der Waals surface area contributed by atoms with Crippen molar-refractivity contribution < 1.29 is 19.4 Å². The minimum Gasteiger partial charge on any atom is -0.490 e. The van der Waals surface area contributed by atoms with Crippen LogP contribution < -0.4 is 15.4 Å². The molecule has 2 atom stereocenters. The van der Waals surface area contributed by atoms with Crippen molar-refractivity contribution in [2.45, 2.75) is 89.3 Å². The zero-order valence-corrected chi connectivity index (χ0v) is 18.7. The minimum atomic E-state index is -0.933. The van der Waals surface area contributed by atoms with E-state index in [0.717, 1.165) is 50.9 Å². The number of rotatable bonds is 5. The van der Waals surface area contributed by atoms with Gasteiger partial charge >= 0.3 is 12.0 Å². The summed E-state index contributed by atoms with van der Waals surface area (Å²) in [6.45, 7) is 4.65. The number of carboxylic acids is 1. The van der Waals surface area contributed by atoms with E-state index in [-0.39, 0.29) is 29.3 Å². The predicted octanol–water partition coefficient (Wildman–Crippen LogP) is 4.98. The Kier molecular flexibility index (Phi) is 6.44. The van der Waals surface area contributed by atoms with Crippen molar-refractivity contribution in [3.8, 4) is 5.75 Å². The average Bonchev–Trinajstić information content (AvgIpc) is 2.68. The standard InChI is InChI=1S/C25H36N2O4/c1-16-11-18-12-17(2)14-25(13-16,15-18)27-24(30)26-20-5-9-22(10-6-20)31-21-7-3-19(4-8-21)23(28)29/h3-4,7-8,16-18,20,22H,5-6,9-15H2,1-2H3,(H,28,29)(H2,26,27,30). The van der Waals surface area contributed by atoms with Gasteiger partial charge in [0.05, 0.1) is 11.7 Å². The molecule has 4 rings (SSSR count). The Morgan fingerprint density at radius 1 is 0.968 bits per heavy atom. The molecule has 3 N–H and O–H groups in total. The van der Waals surface area contributed by atoms with Gasteiger partial charge in [-0.1, -0.05) is 13.8 Å². The second-order valence-corrected chi connectivity index (χ2v) is 10.5. The van der Waals surface area contributed by atoms with Gasteiger partial charge in [-0.15, -0.1) is 0 Å². The van der Waals surface area contributed by atoms with E-state index in [1.807, 2.05) is 0 Å². The second-order valence-electron chi connectivity index (χ2n) is 10.5. The number of aromatic carboxylic acids is 1. The van der Waals surface area contributed by atoms with E-state index >= 15 is 0 Å². The smallest absolute Gasteiger partial charge is 0.335 e. The van der Waals surface area contributed by atoms with Crippen LogP contribution in [0.25, 0.3) is 0 Å². The first-order valence-electron chi connectivity index (χ1n) is 11.9. The minimum absolute atomic E-state index is 0.00409. The normalized spacial score (nSPS) is 35.1. The van der Waals surface area contributed by atoms with E-state index in [4.69, 9.17) is 9.84 Å². The quantitative estimate of drug-likeness (QED) is 0.617. The lowest BCUT2D eigenvalue weighted by Gasteiger charge is -2.50. The summed E-state index contributed by atoms with van der Waals surface area (Å²) in [5.74, 6) is 1.89. The van der Waals surface area contributed by atoms with Gasteiger partial charge in [-0.3, -0.25) is 0 Å². The maximum atomic E-state index is 12.8. The number of hydrogen-bond acceptors (Lipinski definition) is 3. The van der Waals surface area contributed by atoms with Crippen LogP contribution in [0.15, 0.2) is 24.3 Å². The van der Waals surface area contributed by atoms with Crippen molar-refractivity contribution in [2.24, 2.45) is 17.8 Å². The predicted molar refractivity (Wildman–Crippen MR) is 119 cm³/mol. The number of carbonyl (C=O) groups excluding carboxylic acids is 1. The number of nitrogens with one attached hydrogen (secondary N) is 2. The number of urea groups is 1. The van der Waals surface area contributed by atoms with E-state index in [9.17, 15) is 9.59 Å². The molecule has 2 unspecified atom stereocenters. The Balaban J connectivity index is 1.24. The maximum absolute atomic E-state index is 12.8. The lowest BCUT2D eigenvalue weighted by molar-refractivity contribution is 0.0614. The highest BCUT2D eigenvalue weighted by atomic mass is 16.5. The van der Waals surface area contributed by atoms with Crippen molar-refractivity contribution in [3.63, 3.8) is 0 Å². The summed E-state index contributed by atoms with van der Waals surface area (Å²) in [5, 5.41) is 15.6.